The first-order valence-electron chi connectivity index (χ1n) is 19.3. The smallest absolute Gasteiger partial charge is 0.165 e. The van der Waals surface area contributed by atoms with Gasteiger partial charge in [0.05, 0.1) is 33.1 Å². The first-order chi connectivity index (χ1) is 28.2. The largest absolute Gasteiger partial charge is 0.309 e. The van der Waals surface area contributed by atoms with Crippen LogP contribution in [-0.4, -0.2) is 19.1 Å². The molecule has 4 nitrogen and oxygen atoms in total. The molecule has 4 heterocycles. The highest BCUT2D eigenvalue weighted by atomic mass is 32.1. The average molecular weight is 743 g/mol. The number of para-hydroxylation sites is 4. The van der Waals surface area contributed by atoms with Gasteiger partial charge in [0, 0.05) is 58.4 Å². The minimum Gasteiger partial charge on any atom is -0.309 e. The average Bonchev–Trinajstić information content (AvgIpc) is 3.92. The number of thiophene rings is 1. The highest BCUT2D eigenvalue weighted by molar-refractivity contribution is 7.25. The van der Waals surface area contributed by atoms with Crippen molar-refractivity contribution in [1.29, 1.82) is 0 Å². The highest BCUT2D eigenvalue weighted by Crippen LogP contribution is 2.42. The van der Waals surface area contributed by atoms with E-state index in [1.165, 1.54) is 68.9 Å². The lowest BCUT2D eigenvalue weighted by Crippen LogP contribution is -2.03. The van der Waals surface area contributed by atoms with E-state index in [1.54, 1.807) is 0 Å². The van der Waals surface area contributed by atoms with Gasteiger partial charge in [0.2, 0.25) is 0 Å². The predicted octanol–water partition coefficient (Wildman–Crippen LogP) is 14.2. The van der Waals surface area contributed by atoms with Gasteiger partial charge in [-0.3, -0.25) is 4.57 Å². The van der Waals surface area contributed by atoms with Crippen molar-refractivity contribution in [3.05, 3.63) is 182 Å². The molecule has 9 aromatic carbocycles. The zero-order chi connectivity index (χ0) is 37.2. The zero-order valence-corrected chi connectivity index (χ0v) is 31.3. The molecule has 0 N–H and O–H groups in total. The van der Waals surface area contributed by atoms with Crippen LogP contribution in [0.25, 0.3) is 119 Å². The zero-order valence-electron chi connectivity index (χ0n) is 30.5. The Morgan fingerprint density at radius 2 is 1.02 bits per heavy atom. The van der Waals surface area contributed by atoms with Crippen LogP contribution in [0, 0.1) is 0 Å². The molecule has 0 unspecified atom stereocenters. The van der Waals surface area contributed by atoms with Gasteiger partial charge in [0.1, 0.15) is 5.69 Å². The topological polar surface area (TPSA) is 35.6 Å². The van der Waals surface area contributed by atoms with Gasteiger partial charge in [-0.1, -0.05) is 121 Å². The third-order valence-electron chi connectivity index (χ3n) is 11.8. The van der Waals surface area contributed by atoms with Crippen molar-refractivity contribution in [1.82, 2.24) is 19.1 Å². The molecule has 0 radical (unpaired) electrons. The van der Waals surface area contributed by atoms with E-state index in [1.807, 2.05) is 23.5 Å². The summed E-state index contributed by atoms with van der Waals surface area (Å²) in [4.78, 5) is 10.8. The van der Waals surface area contributed by atoms with Crippen LogP contribution >= 0.6 is 11.3 Å². The second-order valence-electron chi connectivity index (χ2n) is 15.0. The first-order valence-corrected chi connectivity index (χ1v) is 20.1. The summed E-state index contributed by atoms with van der Waals surface area (Å²) in [5, 5.41) is 12.3. The fourth-order valence-corrected chi connectivity index (χ4v) is 10.4. The number of benzene rings is 9. The van der Waals surface area contributed by atoms with Crippen molar-refractivity contribution < 1.29 is 0 Å². The summed E-state index contributed by atoms with van der Waals surface area (Å²) in [7, 11) is 0. The highest BCUT2D eigenvalue weighted by Gasteiger charge is 2.21. The van der Waals surface area contributed by atoms with Gasteiger partial charge in [-0.15, -0.1) is 11.3 Å². The molecule has 264 valence electrons. The Morgan fingerprint density at radius 3 is 1.88 bits per heavy atom. The van der Waals surface area contributed by atoms with Crippen LogP contribution in [0.3, 0.4) is 0 Å². The summed E-state index contributed by atoms with van der Waals surface area (Å²) in [6.45, 7) is 0. The molecule has 0 amide bonds. The van der Waals surface area contributed by atoms with E-state index < -0.39 is 0 Å². The molecule has 0 aliphatic carbocycles. The van der Waals surface area contributed by atoms with Gasteiger partial charge in [-0.25, -0.2) is 9.97 Å². The van der Waals surface area contributed by atoms with E-state index in [0.29, 0.717) is 0 Å². The maximum Gasteiger partial charge on any atom is 0.165 e. The molecule has 13 rings (SSSR count). The number of hydrogen-bond donors (Lipinski definition) is 0. The van der Waals surface area contributed by atoms with Crippen molar-refractivity contribution in [3.8, 4) is 22.8 Å². The van der Waals surface area contributed by atoms with Crippen LogP contribution < -0.4 is 0 Å². The van der Waals surface area contributed by atoms with Gasteiger partial charge in [-0.2, -0.15) is 0 Å². The molecule has 0 atom stereocenters. The van der Waals surface area contributed by atoms with E-state index in [4.69, 9.17) is 9.97 Å². The van der Waals surface area contributed by atoms with Crippen molar-refractivity contribution in [2.24, 2.45) is 0 Å². The summed E-state index contributed by atoms with van der Waals surface area (Å²) in [5.41, 5.74) is 9.43. The van der Waals surface area contributed by atoms with Crippen LogP contribution in [0.1, 0.15) is 0 Å². The standard InChI is InChI=1S/C52H30N4S/c1-2-12-36-31(11-1)22-26-41-37-13-3-8-18-45(37)55(51(36)41)35-24-21-32-28-42-38-14-4-9-19-46(38)56(47(42)29-34(32)27-35)52-50(53-43-16-6-7-17-44(43)54-52)33-23-25-40-39-15-5-10-20-48(39)57-49(40)30-33/h1-30H. The normalized spacial score (nSPS) is 12.2. The quantitative estimate of drug-likeness (QED) is 0.181. The van der Waals surface area contributed by atoms with E-state index in [-0.39, 0.29) is 0 Å². The second-order valence-corrected chi connectivity index (χ2v) is 16.1. The monoisotopic (exact) mass is 742 g/mol. The van der Waals surface area contributed by atoms with Crippen LogP contribution in [0.4, 0.5) is 0 Å². The number of nitrogens with zero attached hydrogens (tertiary/aromatic N) is 4. The van der Waals surface area contributed by atoms with E-state index in [2.05, 4.69) is 179 Å². The van der Waals surface area contributed by atoms with Crippen molar-refractivity contribution in [2.45, 2.75) is 0 Å². The van der Waals surface area contributed by atoms with Crippen LogP contribution in [0.15, 0.2) is 182 Å². The maximum atomic E-state index is 5.45. The molecular formula is C52H30N4S. The molecule has 0 aliphatic rings. The SMILES string of the molecule is c1ccc2c(c1)ccc1c3ccccc3n(-c3ccc4cc5c6ccccc6n(-c6nc7ccccc7nc6-c6ccc7c(c6)sc6ccccc67)c5cc4c3)c21. The van der Waals surface area contributed by atoms with E-state index >= 15 is 0 Å². The van der Waals surface area contributed by atoms with Gasteiger partial charge < -0.3 is 4.57 Å². The molecule has 0 fully saturated rings. The number of fused-ring (bicyclic) bond motifs is 13. The number of aromatic nitrogens is 4. The maximum absolute atomic E-state index is 5.45. The summed E-state index contributed by atoms with van der Waals surface area (Å²) < 4.78 is 7.32. The van der Waals surface area contributed by atoms with Crippen molar-refractivity contribution in [3.63, 3.8) is 0 Å². The Balaban J connectivity index is 1.10. The molecule has 13 aromatic rings. The van der Waals surface area contributed by atoms with Gasteiger partial charge in [0.15, 0.2) is 5.82 Å². The lowest BCUT2D eigenvalue weighted by Gasteiger charge is -2.14. The predicted molar refractivity (Wildman–Crippen MR) is 242 cm³/mol. The molecule has 0 bridgehead atoms. The lowest BCUT2D eigenvalue weighted by atomic mass is 10.0. The molecule has 0 saturated carbocycles. The minimum absolute atomic E-state index is 0.824. The first kappa shape index (κ1) is 30.9. The Labute approximate surface area is 330 Å². The van der Waals surface area contributed by atoms with Crippen LogP contribution in [0.5, 0.6) is 0 Å². The van der Waals surface area contributed by atoms with Crippen LogP contribution in [0.2, 0.25) is 0 Å². The minimum atomic E-state index is 0.824. The number of rotatable bonds is 3. The Kier molecular flexibility index (Phi) is 6.29. The number of hydrogen-bond acceptors (Lipinski definition) is 3. The summed E-state index contributed by atoms with van der Waals surface area (Å²) >= 11 is 1.83. The third-order valence-corrected chi connectivity index (χ3v) is 13.0. The lowest BCUT2D eigenvalue weighted by molar-refractivity contribution is 1.08. The molecule has 0 saturated heterocycles. The van der Waals surface area contributed by atoms with Crippen molar-refractivity contribution >= 4 is 108 Å². The van der Waals surface area contributed by atoms with Gasteiger partial charge >= 0.3 is 0 Å². The summed E-state index contributed by atoms with van der Waals surface area (Å²) in [6.07, 6.45) is 0. The van der Waals surface area contributed by atoms with Gasteiger partial charge in [0.25, 0.3) is 0 Å². The Morgan fingerprint density at radius 1 is 0.368 bits per heavy atom. The molecular weight excluding hydrogens is 713 g/mol. The molecule has 0 spiro atoms. The summed E-state index contributed by atoms with van der Waals surface area (Å²) in [5.74, 6) is 0.824. The molecule has 57 heavy (non-hydrogen) atoms. The molecule has 4 aromatic heterocycles. The van der Waals surface area contributed by atoms with Gasteiger partial charge in [-0.05, 0) is 76.8 Å². The Bertz CT molecular complexity index is 3830. The Hall–Kier alpha value is -7.34. The second kappa shape index (κ2) is 11.6. The van der Waals surface area contributed by atoms with Crippen molar-refractivity contribution in [2.75, 3.05) is 0 Å². The molecule has 5 heteroatoms. The fourth-order valence-electron chi connectivity index (χ4n) is 9.28. The van der Waals surface area contributed by atoms with Crippen LogP contribution in [-0.2, 0) is 0 Å². The van der Waals surface area contributed by atoms with E-state index in [9.17, 15) is 0 Å². The summed E-state index contributed by atoms with van der Waals surface area (Å²) in [6, 6.07) is 66.0. The molecule has 0 aliphatic heterocycles. The third kappa shape index (κ3) is 4.43. The van der Waals surface area contributed by atoms with E-state index in [0.717, 1.165) is 50.2 Å². The fraction of sp³-hybridized carbons (Fsp3) is 0.